The first kappa shape index (κ1) is 11.0. The summed E-state index contributed by atoms with van der Waals surface area (Å²) in [4.78, 5) is 2.46. The van der Waals surface area contributed by atoms with Crippen molar-refractivity contribution in [2.24, 2.45) is 5.92 Å². The highest BCUT2D eigenvalue weighted by Gasteiger charge is 2.20. The lowest BCUT2D eigenvalue weighted by molar-refractivity contribution is 0.221. The van der Waals surface area contributed by atoms with Crippen molar-refractivity contribution in [3.8, 4) is 0 Å². The van der Waals surface area contributed by atoms with Crippen LogP contribution in [0, 0.1) is 5.92 Å². The quantitative estimate of drug-likeness (QED) is 0.586. The van der Waals surface area contributed by atoms with Crippen LogP contribution >= 0.6 is 0 Å². The Morgan fingerprint density at radius 3 is 3.00 bits per heavy atom. The van der Waals surface area contributed by atoms with E-state index in [2.05, 4.69) is 17.1 Å². The van der Waals surface area contributed by atoms with E-state index in [0.717, 1.165) is 19.6 Å². The molecule has 1 heterocycles. The highest BCUT2D eigenvalue weighted by molar-refractivity contribution is 4.74. The van der Waals surface area contributed by atoms with Gasteiger partial charge in [0.25, 0.3) is 0 Å². The number of nitrogens with zero attached hydrogens (tertiary/aromatic N) is 1. The van der Waals surface area contributed by atoms with Crippen LogP contribution in [0.25, 0.3) is 0 Å². The van der Waals surface area contributed by atoms with Gasteiger partial charge in [-0.2, -0.15) is 0 Å². The molecule has 0 amide bonds. The molecule has 1 rings (SSSR count). The molecule has 1 aliphatic heterocycles. The minimum absolute atomic E-state index is 0.365. The van der Waals surface area contributed by atoms with Crippen LogP contribution < -0.4 is 5.32 Å². The molecule has 0 spiro atoms. The first-order valence-electron chi connectivity index (χ1n) is 5.40. The summed E-state index contributed by atoms with van der Waals surface area (Å²) in [6.07, 6.45) is 2.41. The molecule has 0 radical (unpaired) electrons. The van der Waals surface area contributed by atoms with Crippen LogP contribution in [-0.2, 0) is 0 Å². The summed E-state index contributed by atoms with van der Waals surface area (Å²) in [5.74, 6) is 0.541. The predicted molar refractivity (Wildman–Crippen MR) is 54.8 cm³/mol. The molecule has 0 bridgehead atoms. The average molecular weight is 186 g/mol. The van der Waals surface area contributed by atoms with Gasteiger partial charge >= 0.3 is 0 Å². The third-order valence-electron chi connectivity index (χ3n) is 2.71. The molecule has 0 saturated carbocycles. The Hall–Kier alpha value is -0.120. The second kappa shape index (κ2) is 6.35. The highest BCUT2D eigenvalue weighted by Crippen LogP contribution is 2.14. The van der Waals surface area contributed by atoms with E-state index < -0.39 is 0 Å². The minimum Gasteiger partial charge on any atom is -0.396 e. The van der Waals surface area contributed by atoms with Crippen LogP contribution in [0.2, 0.25) is 0 Å². The van der Waals surface area contributed by atoms with Crippen molar-refractivity contribution in [1.29, 1.82) is 0 Å². The smallest absolute Gasteiger partial charge is 0.0471 e. The molecule has 2 N–H and O–H groups in total. The second-order valence-electron chi connectivity index (χ2n) is 3.84. The van der Waals surface area contributed by atoms with E-state index in [-0.39, 0.29) is 0 Å². The molecular formula is C10H22N2O. The fourth-order valence-corrected chi connectivity index (χ4v) is 1.87. The van der Waals surface area contributed by atoms with E-state index >= 15 is 0 Å². The van der Waals surface area contributed by atoms with Crippen LogP contribution in [0.4, 0.5) is 0 Å². The van der Waals surface area contributed by atoms with Crippen molar-refractivity contribution < 1.29 is 5.11 Å². The Morgan fingerprint density at radius 2 is 2.38 bits per heavy atom. The van der Waals surface area contributed by atoms with Gasteiger partial charge in [-0.1, -0.05) is 6.92 Å². The Morgan fingerprint density at radius 1 is 1.54 bits per heavy atom. The van der Waals surface area contributed by atoms with E-state index in [1.165, 1.54) is 25.9 Å². The number of hydrogen-bond acceptors (Lipinski definition) is 3. The molecule has 0 aromatic carbocycles. The molecule has 78 valence electrons. The van der Waals surface area contributed by atoms with Gasteiger partial charge in [0.1, 0.15) is 0 Å². The molecule has 1 unspecified atom stereocenters. The monoisotopic (exact) mass is 186 g/mol. The molecule has 0 aromatic heterocycles. The number of rotatable bonds is 6. The zero-order chi connectivity index (χ0) is 9.52. The van der Waals surface area contributed by atoms with Crippen LogP contribution in [0.3, 0.4) is 0 Å². The van der Waals surface area contributed by atoms with Gasteiger partial charge in [0.2, 0.25) is 0 Å². The third kappa shape index (κ3) is 4.07. The number of hydrogen-bond donors (Lipinski definition) is 2. The van der Waals surface area contributed by atoms with Crippen molar-refractivity contribution in [2.45, 2.75) is 19.8 Å². The molecule has 1 atom stereocenters. The predicted octanol–water partition coefficient (Wildman–Crippen LogP) is 0.300. The summed E-state index contributed by atoms with van der Waals surface area (Å²) in [6, 6.07) is 0. The fraction of sp³-hybridized carbons (Fsp3) is 1.00. The molecule has 1 aliphatic rings. The van der Waals surface area contributed by atoms with Crippen LogP contribution in [-0.4, -0.2) is 49.3 Å². The lowest BCUT2D eigenvalue weighted by Crippen LogP contribution is -2.26. The molecule has 0 aromatic rings. The van der Waals surface area contributed by atoms with E-state index in [1.54, 1.807) is 0 Å². The largest absolute Gasteiger partial charge is 0.396 e. The summed E-state index contributed by atoms with van der Waals surface area (Å²) in [5.41, 5.74) is 0. The summed E-state index contributed by atoms with van der Waals surface area (Å²) >= 11 is 0. The third-order valence-corrected chi connectivity index (χ3v) is 2.71. The zero-order valence-corrected chi connectivity index (χ0v) is 8.63. The standard InChI is InChI=1S/C10H22N2O/c1-2-11-5-3-6-12-7-4-10(8-12)9-13/h10-11,13H,2-9H2,1H3. The number of likely N-dealkylation sites (tertiary alicyclic amines) is 1. The van der Waals surface area contributed by atoms with E-state index in [9.17, 15) is 0 Å². The minimum atomic E-state index is 0.365. The molecular weight excluding hydrogens is 164 g/mol. The molecule has 1 saturated heterocycles. The molecule has 3 nitrogen and oxygen atoms in total. The number of aliphatic hydroxyl groups excluding tert-OH is 1. The second-order valence-corrected chi connectivity index (χ2v) is 3.84. The van der Waals surface area contributed by atoms with Crippen molar-refractivity contribution in [3.05, 3.63) is 0 Å². The van der Waals surface area contributed by atoms with Gasteiger partial charge < -0.3 is 15.3 Å². The zero-order valence-electron chi connectivity index (χ0n) is 8.63. The van der Waals surface area contributed by atoms with Gasteiger partial charge in [0, 0.05) is 13.2 Å². The number of aliphatic hydroxyl groups is 1. The van der Waals surface area contributed by atoms with Crippen LogP contribution in [0.1, 0.15) is 19.8 Å². The Labute approximate surface area is 81.1 Å². The highest BCUT2D eigenvalue weighted by atomic mass is 16.3. The van der Waals surface area contributed by atoms with Gasteiger partial charge in [-0.3, -0.25) is 0 Å². The Kier molecular flexibility index (Phi) is 5.35. The summed E-state index contributed by atoms with van der Waals surface area (Å²) in [6.45, 7) is 8.15. The van der Waals surface area contributed by atoms with E-state index in [0.29, 0.717) is 12.5 Å². The van der Waals surface area contributed by atoms with Gasteiger partial charge in [-0.05, 0) is 44.9 Å². The van der Waals surface area contributed by atoms with Gasteiger partial charge in [-0.25, -0.2) is 0 Å². The van der Waals surface area contributed by atoms with Gasteiger partial charge in [-0.15, -0.1) is 0 Å². The van der Waals surface area contributed by atoms with Crippen molar-refractivity contribution >= 4 is 0 Å². The first-order chi connectivity index (χ1) is 6.36. The lowest BCUT2D eigenvalue weighted by atomic mass is 10.1. The maximum atomic E-state index is 8.95. The maximum Gasteiger partial charge on any atom is 0.0471 e. The maximum absolute atomic E-state index is 8.95. The summed E-state index contributed by atoms with van der Waals surface area (Å²) < 4.78 is 0. The summed E-state index contributed by atoms with van der Waals surface area (Å²) in [7, 11) is 0. The molecule has 13 heavy (non-hydrogen) atoms. The average Bonchev–Trinajstić information content (AvgIpc) is 2.60. The molecule has 3 heteroatoms. The van der Waals surface area contributed by atoms with E-state index in [1.807, 2.05) is 0 Å². The SMILES string of the molecule is CCNCCCN1CCC(CO)C1. The van der Waals surface area contributed by atoms with Crippen molar-refractivity contribution in [3.63, 3.8) is 0 Å². The first-order valence-corrected chi connectivity index (χ1v) is 5.40. The topological polar surface area (TPSA) is 35.5 Å². The van der Waals surface area contributed by atoms with E-state index in [4.69, 9.17) is 5.11 Å². The number of nitrogens with one attached hydrogen (secondary N) is 1. The fourth-order valence-electron chi connectivity index (χ4n) is 1.87. The van der Waals surface area contributed by atoms with Gasteiger partial charge in [0.05, 0.1) is 0 Å². The molecule has 0 aliphatic carbocycles. The lowest BCUT2D eigenvalue weighted by Gasteiger charge is -2.15. The normalized spacial score (nSPS) is 24.0. The molecule has 1 fully saturated rings. The van der Waals surface area contributed by atoms with Crippen LogP contribution in [0.15, 0.2) is 0 Å². The van der Waals surface area contributed by atoms with Crippen molar-refractivity contribution in [1.82, 2.24) is 10.2 Å². The van der Waals surface area contributed by atoms with Crippen molar-refractivity contribution in [2.75, 3.05) is 39.3 Å². The summed E-state index contributed by atoms with van der Waals surface area (Å²) in [5, 5.41) is 12.3. The van der Waals surface area contributed by atoms with Gasteiger partial charge in [0.15, 0.2) is 0 Å². The Bertz CT molecular complexity index is 130. The Balaban J connectivity index is 1.97. The van der Waals surface area contributed by atoms with Crippen LogP contribution in [0.5, 0.6) is 0 Å².